The van der Waals surface area contributed by atoms with Gasteiger partial charge in [-0.2, -0.15) is 14.6 Å². The Morgan fingerprint density at radius 3 is 2.15 bits per heavy atom. The van der Waals surface area contributed by atoms with Crippen LogP contribution in [0.4, 0.5) is 0 Å². The van der Waals surface area contributed by atoms with Gasteiger partial charge in [0, 0.05) is 12.5 Å². The molecule has 0 bridgehead atoms. The van der Waals surface area contributed by atoms with E-state index >= 15 is 0 Å². The highest BCUT2D eigenvalue weighted by atomic mass is 127. The van der Waals surface area contributed by atoms with Crippen molar-refractivity contribution in [2.24, 2.45) is 0 Å². The number of fused-ring (bicyclic) bond motifs is 6. The van der Waals surface area contributed by atoms with E-state index in [1.165, 1.54) is 3.57 Å². The SMILES string of the molecule is Brc1cccc(-n2c3ccccc3n3ncnc23)c1.Brc1cccc(I)c1.C.c1ccc2c(c1)nc1nc[nH]n12. The molecular weight excluding hydrogens is 747 g/mol. The summed E-state index contributed by atoms with van der Waals surface area (Å²) < 4.78 is 9.26. The van der Waals surface area contributed by atoms with Crippen LogP contribution in [0.15, 0.2) is 119 Å². The van der Waals surface area contributed by atoms with Gasteiger partial charge < -0.3 is 0 Å². The van der Waals surface area contributed by atoms with Gasteiger partial charge in [0.05, 0.1) is 27.8 Å². The van der Waals surface area contributed by atoms with E-state index in [0.717, 1.165) is 48.3 Å². The second-order valence-corrected chi connectivity index (χ2v) is 11.4. The number of benzene rings is 4. The van der Waals surface area contributed by atoms with Gasteiger partial charge in [0.15, 0.2) is 0 Å². The monoisotopic (exact) mass is 768 g/mol. The van der Waals surface area contributed by atoms with Crippen molar-refractivity contribution in [2.45, 2.75) is 7.43 Å². The predicted octanol–water partition coefficient (Wildman–Crippen LogP) is 8.34. The summed E-state index contributed by atoms with van der Waals surface area (Å²) in [7, 11) is 0. The molecule has 8 rings (SSSR count). The molecule has 4 heterocycles. The third-order valence-electron chi connectivity index (χ3n) is 5.84. The van der Waals surface area contributed by atoms with Crippen LogP contribution >= 0.6 is 54.5 Å². The summed E-state index contributed by atoms with van der Waals surface area (Å²) in [6.07, 6.45) is 3.21. The Labute approximate surface area is 260 Å². The highest BCUT2D eigenvalue weighted by molar-refractivity contribution is 14.1. The van der Waals surface area contributed by atoms with Crippen LogP contribution in [-0.4, -0.2) is 38.7 Å². The maximum absolute atomic E-state index is 4.36. The van der Waals surface area contributed by atoms with E-state index < -0.39 is 0 Å². The average molecular weight is 770 g/mol. The number of nitrogens with one attached hydrogen (secondary N) is 1. The summed E-state index contributed by atoms with van der Waals surface area (Å²) >= 11 is 9.14. The predicted molar refractivity (Wildman–Crippen MR) is 176 cm³/mol. The van der Waals surface area contributed by atoms with Gasteiger partial charge in [0.1, 0.15) is 12.7 Å². The lowest BCUT2D eigenvalue weighted by molar-refractivity contribution is 0.992. The number of nitrogens with zero attached hydrogens (tertiary/aromatic N) is 7. The molecule has 0 spiro atoms. The van der Waals surface area contributed by atoms with Crippen molar-refractivity contribution < 1.29 is 0 Å². The van der Waals surface area contributed by atoms with Crippen LogP contribution in [-0.2, 0) is 0 Å². The normalized spacial score (nSPS) is 10.7. The quantitative estimate of drug-likeness (QED) is 0.170. The number of para-hydroxylation sites is 4. The fourth-order valence-electron chi connectivity index (χ4n) is 4.20. The lowest BCUT2D eigenvalue weighted by atomic mass is 10.3. The lowest BCUT2D eigenvalue weighted by Crippen LogP contribution is -1.94. The fraction of sp³-hybridized carbons (Fsp3) is 0.0345. The van der Waals surface area contributed by atoms with Crippen LogP contribution in [0.25, 0.3) is 39.3 Å². The molecule has 0 atom stereocenters. The van der Waals surface area contributed by atoms with E-state index in [-0.39, 0.29) is 7.43 Å². The topological polar surface area (TPSA) is 81.1 Å². The molecule has 0 amide bonds. The summed E-state index contributed by atoms with van der Waals surface area (Å²) in [4.78, 5) is 12.7. The third-order valence-corrected chi connectivity index (χ3v) is 7.50. The van der Waals surface area contributed by atoms with Crippen LogP contribution in [0, 0.1) is 3.57 Å². The Morgan fingerprint density at radius 1 is 0.725 bits per heavy atom. The van der Waals surface area contributed by atoms with E-state index in [1.807, 2.05) is 75.8 Å². The first-order valence-corrected chi connectivity index (χ1v) is 14.5. The van der Waals surface area contributed by atoms with Crippen LogP contribution in [0.5, 0.6) is 0 Å². The Kier molecular flexibility index (Phi) is 8.62. The second kappa shape index (κ2) is 12.3. The number of aromatic amines is 1. The zero-order chi connectivity index (χ0) is 26.8. The molecule has 0 saturated heterocycles. The van der Waals surface area contributed by atoms with Gasteiger partial charge in [0.2, 0.25) is 5.78 Å². The summed E-state index contributed by atoms with van der Waals surface area (Å²) in [5, 5.41) is 7.27. The van der Waals surface area contributed by atoms with Crippen LogP contribution in [0.3, 0.4) is 0 Å². The van der Waals surface area contributed by atoms with Gasteiger partial charge in [0.25, 0.3) is 5.78 Å². The molecule has 8 nitrogen and oxygen atoms in total. The van der Waals surface area contributed by atoms with Crippen molar-refractivity contribution in [3.05, 3.63) is 122 Å². The van der Waals surface area contributed by atoms with Crippen molar-refractivity contribution in [1.82, 2.24) is 38.7 Å². The number of aromatic nitrogens is 8. The third kappa shape index (κ3) is 5.67. The van der Waals surface area contributed by atoms with E-state index in [2.05, 4.69) is 114 Å². The van der Waals surface area contributed by atoms with Crippen molar-refractivity contribution in [1.29, 1.82) is 0 Å². The van der Waals surface area contributed by atoms with Crippen LogP contribution in [0.2, 0.25) is 0 Å². The Bertz CT molecular complexity index is 2020. The van der Waals surface area contributed by atoms with E-state index in [4.69, 9.17) is 0 Å². The van der Waals surface area contributed by atoms with Gasteiger partial charge in [-0.3, -0.25) is 9.67 Å². The first-order valence-electron chi connectivity index (χ1n) is 11.8. The molecule has 8 aromatic rings. The lowest BCUT2D eigenvalue weighted by Gasteiger charge is -2.04. The van der Waals surface area contributed by atoms with Gasteiger partial charge >= 0.3 is 0 Å². The highest BCUT2D eigenvalue weighted by Crippen LogP contribution is 2.25. The summed E-state index contributed by atoms with van der Waals surface area (Å²) in [6.45, 7) is 0. The molecule has 4 aromatic heterocycles. The molecule has 0 aliphatic heterocycles. The molecule has 0 saturated carbocycles. The zero-order valence-corrected chi connectivity index (χ0v) is 25.5. The van der Waals surface area contributed by atoms with E-state index in [0.29, 0.717) is 0 Å². The number of hydrogen-bond donors (Lipinski definition) is 1. The molecular formula is C29H23Br2IN8. The minimum Gasteiger partial charge on any atom is -0.280 e. The molecule has 200 valence electrons. The second-order valence-electron chi connectivity index (χ2n) is 8.34. The summed E-state index contributed by atoms with van der Waals surface area (Å²) in [6, 6.07) is 32.4. The van der Waals surface area contributed by atoms with Crippen molar-refractivity contribution in [2.75, 3.05) is 0 Å². The van der Waals surface area contributed by atoms with E-state index in [1.54, 1.807) is 12.7 Å². The molecule has 0 radical (unpaired) electrons. The van der Waals surface area contributed by atoms with Crippen molar-refractivity contribution >= 4 is 88.1 Å². The zero-order valence-electron chi connectivity index (χ0n) is 20.2. The van der Waals surface area contributed by atoms with Crippen LogP contribution in [0.1, 0.15) is 7.43 Å². The van der Waals surface area contributed by atoms with E-state index in [9.17, 15) is 0 Å². The molecule has 0 aliphatic carbocycles. The van der Waals surface area contributed by atoms with Crippen molar-refractivity contribution in [3.8, 4) is 5.69 Å². The first kappa shape index (κ1) is 28.0. The minimum absolute atomic E-state index is 0. The number of halogens is 3. The summed E-state index contributed by atoms with van der Waals surface area (Å²) in [5.74, 6) is 1.54. The Morgan fingerprint density at radius 2 is 1.43 bits per heavy atom. The first-order chi connectivity index (χ1) is 19.1. The number of hydrogen-bond acceptors (Lipinski definition) is 4. The minimum atomic E-state index is 0. The average Bonchev–Trinajstić information content (AvgIpc) is 3.70. The maximum Gasteiger partial charge on any atom is 0.251 e. The molecule has 0 unspecified atom stereocenters. The standard InChI is InChI=1S/C14H9BrN4.C8H6N4.C6H4BrI.CH4/c15-10-4-3-5-11(8-10)18-12-6-1-2-7-13(12)19-14(18)16-9-17-19;1-2-4-7-6(3-1)11-8-9-5-10-12(7)8;7-5-2-1-3-6(8)4-5;/h1-9H;1-5H,(H,9,10,11);1-4H;1H4. The fourth-order valence-corrected chi connectivity index (χ4v) is 5.96. The molecule has 0 aliphatic rings. The molecule has 1 N–H and O–H groups in total. The number of H-pyrrole nitrogens is 1. The number of rotatable bonds is 1. The maximum atomic E-state index is 4.36. The van der Waals surface area contributed by atoms with Gasteiger partial charge in [-0.25, -0.2) is 14.5 Å². The highest BCUT2D eigenvalue weighted by Gasteiger charge is 2.13. The number of imidazole rings is 2. The molecule has 11 heteroatoms. The molecule has 40 heavy (non-hydrogen) atoms. The Hall–Kier alpha value is -3.55. The van der Waals surface area contributed by atoms with Gasteiger partial charge in [-0.15, -0.1) is 0 Å². The van der Waals surface area contributed by atoms with Gasteiger partial charge in [-0.1, -0.05) is 75.7 Å². The Balaban J connectivity index is 0.000000132. The van der Waals surface area contributed by atoms with Crippen LogP contribution < -0.4 is 0 Å². The largest absolute Gasteiger partial charge is 0.280 e. The molecule has 4 aromatic carbocycles. The van der Waals surface area contributed by atoms with Gasteiger partial charge in [-0.05, 0) is 83.3 Å². The van der Waals surface area contributed by atoms with Crippen molar-refractivity contribution in [3.63, 3.8) is 0 Å². The summed E-state index contributed by atoms with van der Waals surface area (Å²) in [5.41, 5.74) is 5.24. The molecule has 0 fully saturated rings. The smallest absolute Gasteiger partial charge is 0.251 e.